The minimum absolute atomic E-state index is 0.000968. The van der Waals surface area contributed by atoms with E-state index in [2.05, 4.69) is 5.32 Å². The number of carbonyl (C=O) groups excluding carboxylic acids is 1. The highest BCUT2D eigenvalue weighted by molar-refractivity contribution is 6.35. The standard InChI is InChI=1S/C16H13Cl2NO4/c17-11-6-5-10(13(18)7-11)8-19-15(20)9-23-14-4-2-1-3-12(14)16(21)22/h1-7H,8-9H2,(H,19,20)(H,21,22). The highest BCUT2D eigenvalue weighted by atomic mass is 35.5. The van der Waals surface area contributed by atoms with Gasteiger partial charge in [-0.2, -0.15) is 0 Å². The van der Waals surface area contributed by atoms with E-state index in [9.17, 15) is 9.59 Å². The molecule has 0 bridgehead atoms. The number of halogens is 2. The summed E-state index contributed by atoms with van der Waals surface area (Å²) in [6.45, 7) is -0.0751. The first kappa shape index (κ1) is 17.1. The Morgan fingerprint density at radius 2 is 1.87 bits per heavy atom. The lowest BCUT2D eigenvalue weighted by molar-refractivity contribution is -0.123. The van der Waals surface area contributed by atoms with Crippen LogP contribution in [0.2, 0.25) is 10.0 Å². The molecular weight excluding hydrogens is 341 g/mol. The van der Waals surface area contributed by atoms with E-state index in [0.717, 1.165) is 5.56 Å². The molecule has 7 heteroatoms. The second kappa shape index (κ2) is 7.85. The maximum Gasteiger partial charge on any atom is 0.339 e. The number of rotatable bonds is 6. The van der Waals surface area contributed by atoms with Crippen LogP contribution < -0.4 is 10.1 Å². The Bertz CT molecular complexity index is 734. The third kappa shape index (κ3) is 4.87. The van der Waals surface area contributed by atoms with Gasteiger partial charge in [0.05, 0.1) is 0 Å². The van der Waals surface area contributed by atoms with Crippen LogP contribution in [0.15, 0.2) is 42.5 Å². The Balaban J connectivity index is 1.90. The number of ether oxygens (including phenoxy) is 1. The fraction of sp³-hybridized carbons (Fsp3) is 0.125. The minimum Gasteiger partial charge on any atom is -0.483 e. The Morgan fingerprint density at radius 1 is 1.13 bits per heavy atom. The highest BCUT2D eigenvalue weighted by Crippen LogP contribution is 2.21. The number of aromatic carboxylic acids is 1. The predicted molar refractivity (Wildman–Crippen MR) is 87.2 cm³/mol. The average Bonchev–Trinajstić information content (AvgIpc) is 2.52. The molecule has 0 unspecified atom stereocenters. The molecule has 0 fully saturated rings. The van der Waals surface area contributed by atoms with E-state index in [1.807, 2.05) is 0 Å². The molecule has 120 valence electrons. The average molecular weight is 354 g/mol. The van der Waals surface area contributed by atoms with Crippen molar-refractivity contribution < 1.29 is 19.4 Å². The van der Waals surface area contributed by atoms with Crippen LogP contribution in [-0.2, 0) is 11.3 Å². The van der Waals surface area contributed by atoms with Crippen LogP contribution in [-0.4, -0.2) is 23.6 Å². The number of hydrogen-bond acceptors (Lipinski definition) is 3. The van der Waals surface area contributed by atoms with Crippen LogP contribution in [0, 0.1) is 0 Å². The third-order valence-corrected chi connectivity index (χ3v) is 3.55. The Morgan fingerprint density at radius 3 is 2.57 bits per heavy atom. The smallest absolute Gasteiger partial charge is 0.339 e. The lowest BCUT2D eigenvalue weighted by Crippen LogP contribution is -2.28. The Labute approximate surface area is 142 Å². The summed E-state index contributed by atoms with van der Waals surface area (Å²) in [7, 11) is 0. The van der Waals surface area contributed by atoms with Crippen molar-refractivity contribution >= 4 is 35.1 Å². The second-order valence-electron chi connectivity index (χ2n) is 4.60. The first-order valence-electron chi connectivity index (χ1n) is 6.63. The molecule has 0 atom stereocenters. The van der Waals surface area contributed by atoms with Crippen LogP contribution in [0.25, 0.3) is 0 Å². The Hall–Kier alpha value is -2.24. The summed E-state index contributed by atoms with van der Waals surface area (Å²) in [5, 5.41) is 12.6. The topological polar surface area (TPSA) is 75.6 Å². The van der Waals surface area contributed by atoms with Crippen LogP contribution in [0.4, 0.5) is 0 Å². The lowest BCUT2D eigenvalue weighted by Gasteiger charge is -2.10. The van der Waals surface area contributed by atoms with Gasteiger partial charge in [-0.3, -0.25) is 4.79 Å². The van der Waals surface area contributed by atoms with Crippen molar-refractivity contribution in [3.8, 4) is 5.75 Å². The molecule has 0 spiro atoms. The van der Waals surface area contributed by atoms with Gasteiger partial charge in [0, 0.05) is 16.6 Å². The van der Waals surface area contributed by atoms with Crippen molar-refractivity contribution in [3.05, 3.63) is 63.6 Å². The number of amides is 1. The number of carboxylic acid groups (broad SMARTS) is 1. The van der Waals surface area contributed by atoms with Crippen molar-refractivity contribution in [1.82, 2.24) is 5.32 Å². The number of benzene rings is 2. The van der Waals surface area contributed by atoms with Crippen molar-refractivity contribution in [3.63, 3.8) is 0 Å². The number of carbonyl (C=O) groups is 2. The summed E-state index contributed by atoms with van der Waals surface area (Å²) in [4.78, 5) is 22.8. The predicted octanol–water partition coefficient (Wildman–Crippen LogP) is 3.39. The third-order valence-electron chi connectivity index (χ3n) is 2.97. The van der Waals surface area contributed by atoms with Gasteiger partial charge in [0.15, 0.2) is 6.61 Å². The van der Waals surface area contributed by atoms with E-state index in [4.69, 9.17) is 33.0 Å². The molecular formula is C16H13Cl2NO4. The largest absolute Gasteiger partial charge is 0.483 e. The highest BCUT2D eigenvalue weighted by Gasteiger charge is 2.12. The van der Waals surface area contributed by atoms with Crippen molar-refractivity contribution in [2.24, 2.45) is 0 Å². The first-order chi connectivity index (χ1) is 11.0. The van der Waals surface area contributed by atoms with E-state index in [0.29, 0.717) is 10.0 Å². The molecule has 0 aromatic heterocycles. The van der Waals surface area contributed by atoms with E-state index in [1.165, 1.54) is 12.1 Å². The van der Waals surface area contributed by atoms with Gasteiger partial charge >= 0.3 is 5.97 Å². The molecule has 2 aromatic carbocycles. The number of nitrogens with one attached hydrogen (secondary N) is 1. The number of hydrogen-bond donors (Lipinski definition) is 2. The molecule has 0 radical (unpaired) electrons. The summed E-state index contributed by atoms with van der Waals surface area (Å²) < 4.78 is 5.25. The van der Waals surface area contributed by atoms with Gasteiger partial charge in [-0.15, -0.1) is 0 Å². The molecule has 5 nitrogen and oxygen atoms in total. The number of carboxylic acids is 1. The van der Waals surface area contributed by atoms with E-state index in [-0.39, 0.29) is 24.5 Å². The maximum absolute atomic E-state index is 11.8. The van der Waals surface area contributed by atoms with E-state index < -0.39 is 11.9 Å². The monoisotopic (exact) mass is 353 g/mol. The molecule has 0 aliphatic rings. The van der Waals surface area contributed by atoms with Crippen molar-refractivity contribution in [2.45, 2.75) is 6.54 Å². The molecule has 23 heavy (non-hydrogen) atoms. The quantitative estimate of drug-likeness (QED) is 0.834. The van der Waals surface area contributed by atoms with Crippen LogP contribution in [0.3, 0.4) is 0 Å². The van der Waals surface area contributed by atoms with Crippen LogP contribution >= 0.6 is 23.2 Å². The minimum atomic E-state index is -1.12. The zero-order chi connectivity index (χ0) is 16.8. The van der Waals surface area contributed by atoms with Crippen LogP contribution in [0.1, 0.15) is 15.9 Å². The molecule has 1 amide bonds. The summed E-state index contributed by atoms with van der Waals surface area (Å²) >= 11 is 11.8. The summed E-state index contributed by atoms with van der Waals surface area (Å²) in [5.41, 5.74) is 0.719. The van der Waals surface area contributed by atoms with E-state index >= 15 is 0 Å². The second-order valence-corrected chi connectivity index (χ2v) is 5.45. The van der Waals surface area contributed by atoms with Gasteiger partial charge in [0.1, 0.15) is 11.3 Å². The summed E-state index contributed by atoms with van der Waals surface area (Å²) in [6.07, 6.45) is 0. The molecule has 2 N–H and O–H groups in total. The molecule has 0 heterocycles. The molecule has 2 aromatic rings. The van der Waals surface area contributed by atoms with Crippen molar-refractivity contribution in [2.75, 3.05) is 6.61 Å². The van der Waals surface area contributed by atoms with Gasteiger partial charge < -0.3 is 15.2 Å². The SMILES string of the molecule is O=C(COc1ccccc1C(=O)O)NCc1ccc(Cl)cc1Cl. The fourth-order valence-electron chi connectivity index (χ4n) is 1.82. The number of para-hydroxylation sites is 1. The first-order valence-corrected chi connectivity index (χ1v) is 7.38. The molecule has 2 rings (SSSR count). The lowest BCUT2D eigenvalue weighted by atomic mass is 10.2. The summed E-state index contributed by atoms with van der Waals surface area (Å²) in [6, 6.07) is 11.1. The van der Waals surface area contributed by atoms with Gasteiger partial charge in [-0.1, -0.05) is 41.4 Å². The molecule has 0 aliphatic heterocycles. The summed E-state index contributed by atoms with van der Waals surface area (Å²) in [5.74, 6) is -1.37. The van der Waals surface area contributed by atoms with E-state index in [1.54, 1.807) is 30.3 Å². The van der Waals surface area contributed by atoms with Gasteiger partial charge in [-0.25, -0.2) is 4.79 Å². The van der Waals surface area contributed by atoms with Gasteiger partial charge in [-0.05, 0) is 29.8 Å². The van der Waals surface area contributed by atoms with Gasteiger partial charge in [0.25, 0.3) is 5.91 Å². The van der Waals surface area contributed by atoms with Crippen LogP contribution in [0.5, 0.6) is 5.75 Å². The normalized spacial score (nSPS) is 10.2. The fourth-order valence-corrected chi connectivity index (χ4v) is 2.30. The molecule has 0 aliphatic carbocycles. The Kier molecular flexibility index (Phi) is 5.84. The van der Waals surface area contributed by atoms with Crippen molar-refractivity contribution in [1.29, 1.82) is 0 Å². The molecule has 0 saturated carbocycles. The zero-order valence-corrected chi connectivity index (χ0v) is 13.4. The maximum atomic E-state index is 11.8. The van der Waals surface area contributed by atoms with Gasteiger partial charge in [0.2, 0.25) is 0 Å². The zero-order valence-electron chi connectivity index (χ0n) is 11.9. The molecule has 0 saturated heterocycles.